The first kappa shape index (κ1) is 12.9. The van der Waals surface area contributed by atoms with Crippen LogP contribution in [0.1, 0.15) is 12.8 Å². The molecule has 1 aromatic carbocycles. The minimum absolute atomic E-state index is 0.756. The zero-order valence-corrected chi connectivity index (χ0v) is 12.0. The van der Waals surface area contributed by atoms with E-state index >= 15 is 0 Å². The normalized spacial score (nSPS) is 26.6. The van der Waals surface area contributed by atoms with Crippen LogP contribution in [0.5, 0.6) is 0 Å². The van der Waals surface area contributed by atoms with E-state index in [0.717, 1.165) is 6.04 Å². The van der Waals surface area contributed by atoms with Gasteiger partial charge in [0.05, 0.1) is 0 Å². The van der Waals surface area contributed by atoms with Gasteiger partial charge in [-0.05, 0) is 45.1 Å². The highest BCUT2D eigenvalue weighted by atomic mass is 15.3. The van der Waals surface area contributed by atoms with Gasteiger partial charge in [0.1, 0.15) is 0 Å². The summed E-state index contributed by atoms with van der Waals surface area (Å²) in [7, 11) is 2.24. The van der Waals surface area contributed by atoms with Gasteiger partial charge in [0.15, 0.2) is 0 Å². The SMILES string of the molecule is CN1CCCN(C2CCN(c3ccccc3)C2)CC1. The van der Waals surface area contributed by atoms with Crippen molar-refractivity contribution in [2.75, 3.05) is 51.2 Å². The molecule has 3 heteroatoms. The molecular weight excluding hydrogens is 234 g/mol. The molecular formula is C16H25N3. The molecule has 2 saturated heterocycles. The lowest BCUT2D eigenvalue weighted by atomic mass is 10.2. The highest BCUT2D eigenvalue weighted by Crippen LogP contribution is 2.23. The molecule has 19 heavy (non-hydrogen) atoms. The Balaban J connectivity index is 1.59. The number of likely N-dealkylation sites (N-methyl/N-ethyl adjacent to an activating group) is 1. The monoisotopic (exact) mass is 259 g/mol. The van der Waals surface area contributed by atoms with Gasteiger partial charge in [-0.2, -0.15) is 0 Å². The van der Waals surface area contributed by atoms with Crippen molar-refractivity contribution < 1.29 is 0 Å². The van der Waals surface area contributed by atoms with E-state index in [4.69, 9.17) is 0 Å². The first-order valence-electron chi connectivity index (χ1n) is 7.55. The minimum Gasteiger partial charge on any atom is -0.370 e. The number of anilines is 1. The van der Waals surface area contributed by atoms with E-state index in [-0.39, 0.29) is 0 Å². The lowest BCUT2D eigenvalue weighted by molar-refractivity contribution is 0.216. The number of hydrogen-bond donors (Lipinski definition) is 0. The fourth-order valence-corrected chi connectivity index (χ4v) is 3.34. The third-order valence-electron chi connectivity index (χ3n) is 4.56. The van der Waals surface area contributed by atoms with Crippen LogP contribution in [0, 0.1) is 0 Å². The van der Waals surface area contributed by atoms with E-state index in [2.05, 4.69) is 52.1 Å². The van der Waals surface area contributed by atoms with Gasteiger partial charge in [-0.25, -0.2) is 0 Å². The Morgan fingerprint density at radius 2 is 1.79 bits per heavy atom. The van der Waals surface area contributed by atoms with E-state index < -0.39 is 0 Å². The van der Waals surface area contributed by atoms with Crippen LogP contribution in [-0.4, -0.2) is 62.2 Å². The molecule has 0 saturated carbocycles. The molecule has 0 aromatic heterocycles. The van der Waals surface area contributed by atoms with Crippen LogP contribution in [0.3, 0.4) is 0 Å². The molecule has 3 rings (SSSR count). The van der Waals surface area contributed by atoms with Crippen LogP contribution < -0.4 is 4.90 Å². The lowest BCUT2D eigenvalue weighted by Crippen LogP contribution is -2.39. The number of rotatable bonds is 2. The highest BCUT2D eigenvalue weighted by Gasteiger charge is 2.28. The molecule has 2 fully saturated rings. The topological polar surface area (TPSA) is 9.72 Å². The molecule has 0 bridgehead atoms. The Hall–Kier alpha value is -1.06. The summed E-state index contributed by atoms with van der Waals surface area (Å²) in [5.74, 6) is 0. The standard InChI is InChI=1S/C16H25N3/c1-17-9-5-10-18(13-12-17)16-8-11-19(14-16)15-6-3-2-4-7-15/h2-4,6-7,16H,5,8-14H2,1H3. The summed E-state index contributed by atoms with van der Waals surface area (Å²) in [4.78, 5) is 7.72. The van der Waals surface area contributed by atoms with Crippen LogP contribution in [-0.2, 0) is 0 Å². The van der Waals surface area contributed by atoms with Gasteiger partial charge < -0.3 is 9.80 Å². The number of para-hydroxylation sites is 1. The lowest BCUT2D eigenvalue weighted by Gasteiger charge is -2.27. The maximum Gasteiger partial charge on any atom is 0.0366 e. The summed E-state index contributed by atoms with van der Waals surface area (Å²) in [5.41, 5.74) is 1.39. The predicted molar refractivity (Wildman–Crippen MR) is 80.7 cm³/mol. The summed E-state index contributed by atoms with van der Waals surface area (Å²) >= 11 is 0. The summed E-state index contributed by atoms with van der Waals surface area (Å²) in [6.45, 7) is 7.41. The molecule has 2 aliphatic heterocycles. The van der Waals surface area contributed by atoms with Crippen LogP contribution in [0.15, 0.2) is 30.3 Å². The zero-order valence-electron chi connectivity index (χ0n) is 12.0. The van der Waals surface area contributed by atoms with Crippen molar-refractivity contribution in [3.8, 4) is 0 Å². The Kier molecular flexibility index (Phi) is 4.04. The van der Waals surface area contributed by atoms with E-state index in [9.17, 15) is 0 Å². The molecule has 0 amide bonds. The van der Waals surface area contributed by atoms with Crippen LogP contribution in [0.4, 0.5) is 5.69 Å². The first-order chi connectivity index (χ1) is 9.33. The number of hydrogen-bond acceptors (Lipinski definition) is 3. The molecule has 0 spiro atoms. The van der Waals surface area contributed by atoms with Crippen molar-refractivity contribution in [2.24, 2.45) is 0 Å². The quantitative estimate of drug-likeness (QED) is 0.803. The third-order valence-corrected chi connectivity index (χ3v) is 4.56. The minimum atomic E-state index is 0.756. The maximum atomic E-state index is 2.71. The molecule has 1 atom stereocenters. The Morgan fingerprint density at radius 3 is 2.63 bits per heavy atom. The second kappa shape index (κ2) is 5.93. The summed E-state index contributed by atoms with van der Waals surface area (Å²) in [6, 6.07) is 11.6. The largest absolute Gasteiger partial charge is 0.370 e. The molecule has 1 unspecified atom stereocenters. The van der Waals surface area contributed by atoms with Gasteiger partial charge >= 0.3 is 0 Å². The molecule has 2 aliphatic rings. The van der Waals surface area contributed by atoms with Crippen molar-refractivity contribution in [1.29, 1.82) is 0 Å². The zero-order chi connectivity index (χ0) is 13.1. The van der Waals surface area contributed by atoms with Gasteiger partial charge in [0, 0.05) is 37.9 Å². The average molecular weight is 259 g/mol. The second-order valence-corrected chi connectivity index (χ2v) is 5.92. The van der Waals surface area contributed by atoms with E-state index in [1.165, 1.54) is 57.8 Å². The summed E-state index contributed by atoms with van der Waals surface area (Å²) in [6.07, 6.45) is 2.64. The van der Waals surface area contributed by atoms with Gasteiger partial charge in [0.25, 0.3) is 0 Å². The highest BCUT2D eigenvalue weighted by molar-refractivity contribution is 5.47. The molecule has 0 aliphatic carbocycles. The van der Waals surface area contributed by atoms with Crippen LogP contribution in [0.2, 0.25) is 0 Å². The van der Waals surface area contributed by atoms with E-state index in [1.54, 1.807) is 0 Å². The fraction of sp³-hybridized carbons (Fsp3) is 0.625. The fourth-order valence-electron chi connectivity index (χ4n) is 3.34. The first-order valence-corrected chi connectivity index (χ1v) is 7.55. The molecule has 2 heterocycles. The second-order valence-electron chi connectivity index (χ2n) is 5.92. The van der Waals surface area contributed by atoms with Gasteiger partial charge in [-0.3, -0.25) is 4.90 Å². The van der Waals surface area contributed by atoms with Gasteiger partial charge in [0.2, 0.25) is 0 Å². The van der Waals surface area contributed by atoms with Crippen LogP contribution >= 0.6 is 0 Å². The van der Waals surface area contributed by atoms with Crippen molar-refractivity contribution in [2.45, 2.75) is 18.9 Å². The summed E-state index contributed by atoms with van der Waals surface area (Å²) < 4.78 is 0. The van der Waals surface area contributed by atoms with E-state index in [0.29, 0.717) is 0 Å². The molecule has 104 valence electrons. The van der Waals surface area contributed by atoms with Gasteiger partial charge in [-0.15, -0.1) is 0 Å². The van der Waals surface area contributed by atoms with Crippen molar-refractivity contribution in [1.82, 2.24) is 9.80 Å². The third kappa shape index (κ3) is 3.10. The molecule has 0 radical (unpaired) electrons. The Morgan fingerprint density at radius 1 is 0.947 bits per heavy atom. The van der Waals surface area contributed by atoms with Crippen molar-refractivity contribution in [3.05, 3.63) is 30.3 Å². The number of benzene rings is 1. The number of nitrogens with zero attached hydrogens (tertiary/aromatic N) is 3. The average Bonchev–Trinajstić information content (AvgIpc) is 2.84. The Labute approximate surface area is 116 Å². The van der Waals surface area contributed by atoms with Crippen molar-refractivity contribution in [3.63, 3.8) is 0 Å². The Bertz CT molecular complexity index is 392. The summed E-state index contributed by atoms with van der Waals surface area (Å²) in [5, 5.41) is 0. The van der Waals surface area contributed by atoms with Gasteiger partial charge in [-0.1, -0.05) is 18.2 Å². The van der Waals surface area contributed by atoms with Crippen LogP contribution in [0.25, 0.3) is 0 Å². The van der Waals surface area contributed by atoms with E-state index in [1.807, 2.05) is 0 Å². The molecule has 1 aromatic rings. The molecule has 0 N–H and O–H groups in total. The predicted octanol–water partition coefficient (Wildman–Crippen LogP) is 1.90. The maximum absolute atomic E-state index is 2.71. The molecule has 3 nitrogen and oxygen atoms in total. The smallest absolute Gasteiger partial charge is 0.0366 e. The van der Waals surface area contributed by atoms with Crippen molar-refractivity contribution >= 4 is 5.69 Å².